The molecular formula is C26H24INO2. The average Bonchev–Trinajstić information content (AvgIpc) is 3.28. The Balaban J connectivity index is 1.42. The second-order valence-electron chi connectivity index (χ2n) is 7.89. The Hall–Kier alpha value is -2.47. The van der Waals surface area contributed by atoms with Gasteiger partial charge in [-0.3, -0.25) is 0 Å². The second-order valence-corrected chi connectivity index (χ2v) is 9.14. The third-order valence-corrected chi connectivity index (χ3v) is 6.78. The van der Waals surface area contributed by atoms with Gasteiger partial charge in [0.2, 0.25) is 0 Å². The molecule has 0 spiro atoms. The molecule has 3 nitrogen and oxygen atoms in total. The lowest BCUT2D eigenvalue weighted by Gasteiger charge is -2.37. The van der Waals surface area contributed by atoms with Crippen molar-refractivity contribution in [2.45, 2.75) is 25.0 Å². The lowest BCUT2D eigenvalue weighted by Crippen LogP contribution is -2.29. The Labute approximate surface area is 191 Å². The zero-order chi connectivity index (χ0) is 20.5. The van der Waals surface area contributed by atoms with E-state index in [1.807, 2.05) is 24.3 Å². The quantitative estimate of drug-likeness (QED) is 0.307. The van der Waals surface area contributed by atoms with Gasteiger partial charge in [-0.15, -0.1) is 0 Å². The maximum absolute atomic E-state index is 6.05. The summed E-state index contributed by atoms with van der Waals surface area (Å²) in [5, 5.41) is 3.80. The van der Waals surface area contributed by atoms with E-state index in [-0.39, 0.29) is 6.04 Å². The number of ether oxygens (including phenoxy) is 2. The van der Waals surface area contributed by atoms with Crippen LogP contribution in [0.1, 0.15) is 35.1 Å². The number of allylic oxidation sites excluding steroid dienone is 2. The maximum atomic E-state index is 6.05. The van der Waals surface area contributed by atoms with Gasteiger partial charge >= 0.3 is 0 Å². The first-order chi connectivity index (χ1) is 14.7. The van der Waals surface area contributed by atoms with Crippen LogP contribution in [0.4, 0.5) is 5.69 Å². The van der Waals surface area contributed by atoms with Crippen molar-refractivity contribution in [1.82, 2.24) is 0 Å². The summed E-state index contributed by atoms with van der Waals surface area (Å²) >= 11 is 2.40. The first-order valence-electron chi connectivity index (χ1n) is 10.3. The van der Waals surface area contributed by atoms with Crippen molar-refractivity contribution in [1.29, 1.82) is 0 Å². The Kier molecular flexibility index (Phi) is 5.42. The molecule has 0 saturated heterocycles. The van der Waals surface area contributed by atoms with Crippen molar-refractivity contribution in [2.75, 3.05) is 12.4 Å². The third-order valence-electron chi connectivity index (χ3n) is 6.11. The summed E-state index contributed by atoms with van der Waals surface area (Å²) in [7, 11) is 1.71. The van der Waals surface area contributed by atoms with Crippen LogP contribution in [0.2, 0.25) is 0 Å². The van der Waals surface area contributed by atoms with E-state index in [2.05, 4.69) is 82.5 Å². The Morgan fingerprint density at radius 3 is 2.70 bits per heavy atom. The third kappa shape index (κ3) is 3.69. The lowest BCUT2D eigenvalue weighted by molar-refractivity contribution is 0.284. The number of rotatable bonds is 5. The van der Waals surface area contributed by atoms with E-state index in [1.165, 1.54) is 20.4 Å². The van der Waals surface area contributed by atoms with Crippen molar-refractivity contribution < 1.29 is 9.47 Å². The minimum atomic E-state index is 0.245. The maximum Gasteiger partial charge on any atom is 0.161 e. The van der Waals surface area contributed by atoms with Crippen molar-refractivity contribution in [3.8, 4) is 11.5 Å². The monoisotopic (exact) mass is 509 g/mol. The van der Waals surface area contributed by atoms with Crippen LogP contribution in [0.25, 0.3) is 0 Å². The molecule has 0 saturated carbocycles. The Morgan fingerprint density at radius 1 is 1.00 bits per heavy atom. The molecule has 2 aliphatic rings. The van der Waals surface area contributed by atoms with E-state index in [9.17, 15) is 0 Å². The number of anilines is 1. The SMILES string of the molecule is COc1cc([C@@H]2Nc3ccc(I)cc3[C@@H]3C=CC[C@@H]32)ccc1OCc1ccccc1. The summed E-state index contributed by atoms with van der Waals surface area (Å²) in [5.41, 5.74) is 5.02. The number of fused-ring (bicyclic) bond motifs is 3. The van der Waals surface area contributed by atoms with Crippen molar-refractivity contribution >= 4 is 28.3 Å². The first kappa shape index (κ1) is 19.5. The minimum absolute atomic E-state index is 0.245. The number of benzene rings is 3. The molecule has 0 unspecified atom stereocenters. The van der Waals surface area contributed by atoms with Crippen LogP contribution in [0.15, 0.2) is 78.9 Å². The van der Waals surface area contributed by atoms with E-state index >= 15 is 0 Å². The molecule has 4 heteroatoms. The molecule has 152 valence electrons. The fourth-order valence-corrected chi connectivity index (χ4v) is 5.14. The van der Waals surface area contributed by atoms with E-state index in [1.54, 1.807) is 7.11 Å². The fraction of sp³-hybridized carbons (Fsp3) is 0.231. The molecule has 1 aliphatic heterocycles. The molecule has 1 N–H and O–H groups in total. The highest BCUT2D eigenvalue weighted by Crippen LogP contribution is 2.50. The van der Waals surface area contributed by atoms with Gasteiger partial charge < -0.3 is 14.8 Å². The van der Waals surface area contributed by atoms with Crippen LogP contribution in [0.5, 0.6) is 11.5 Å². The second kappa shape index (κ2) is 8.34. The minimum Gasteiger partial charge on any atom is -0.493 e. The Bertz CT molecular complexity index is 1080. The van der Waals surface area contributed by atoms with E-state index in [0.29, 0.717) is 18.4 Å². The summed E-state index contributed by atoms with van der Waals surface area (Å²) in [4.78, 5) is 0. The molecular weight excluding hydrogens is 485 g/mol. The molecule has 30 heavy (non-hydrogen) atoms. The first-order valence-corrected chi connectivity index (χ1v) is 11.4. The van der Waals surface area contributed by atoms with Gasteiger partial charge in [-0.2, -0.15) is 0 Å². The number of methoxy groups -OCH3 is 1. The van der Waals surface area contributed by atoms with Crippen molar-refractivity contribution in [2.24, 2.45) is 5.92 Å². The van der Waals surface area contributed by atoms with E-state index in [0.717, 1.165) is 23.5 Å². The van der Waals surface area contributed by atoms with Gasteiger partial charge in [0, 0.05) is 15.2 Å². The van der Waals surface area contributed by atoms with Gasteiger partial charge in [-0.25, -0.2) is 0 Å². The number of nitrogens with one attached hydrogen (secondary N) is 1. The smallest absolute Gasteiger partial charge is 0.161 e. The number of halogens is 1. The van der Waals surface area contributed by atoms with Gasteiger partial charge in [0.25, 0.3) is 0 Å². The summed E-state index contributed by atoms with van der Waals surface area (Å²) in [6.45, 7) is 0.527. The molecule has 0 bridgehead atoms. The largest absolute Gasteiger partial charge is 0.493 e. The van der Waals surface area contributed by atoms with Crippen LogP contribution in [0, 0.1) is 9.49 Å². The molecule has 0 fully saturated rings. The van der Waals surface area contributed by atoms with Gasteiger partial charge in [-0.1, -0.05) is 48.6 Å². The standard InChI is InChI=1S/C26H24INO2/c1-29-25-14-18(10-13-24(25)30-16-17-6-3-2-4-7-17)26-21-9-5-8-20(21)22-15-19(27)11-12-23(22)28-26/h2-8,10-15,20-21,26,28H,9,16H2,1H3/t20-,21+,26+/m1/s1. The summed E-state index contributed by atoms with van der Waals surface area (Å²) < 4.78 is 13.0. The predicted molar refractivity (Wildman–Crippen MR) is 129 cm³/mol. The molecule has 5 rings (SSSR count). The van der Waals surface area contributed by atoms with Crippen LogP contribution < -0.4 is 14.8 Å². The molecule has 1 heterocycles. The van der Waals surface area contributed by atoms with Crippen molar-refractivity contribution in [3.63, 3.8) is 0 Å². The summed E-state index contributed by atoms with van der Waals surface area (Å²) in [5.74, 6) is 2.52. The molecule has 3 atom stereocenters. The molecule has 3 aromatic carbocycles. The fourth-order valence-electron chi connectivity index (χ4n) is 4.63. The topological polar surface area (TPSA) is 30.5 Å². The van der Waals surface area contributed by atoms with Gasteiger partial charge in [-0.05, 0) is 82.0 Å². The highest BCUT2D eigenvalue weighted by Gasteiger charge is 2.38. The molecule has 0 aromatic heterocycles. The predicted octanol–water partition coefficient (Wildman–Crippen LogP) is 6.71. The van der Waals surface area contributed by atoms with Gasteiger partial charge in [0.15, 0.2) is 11.5 Å². The lowest BCUT2D eigenvalue weighted by atomic mass is 9.77. The normalized spacial score (nSPS) is 21.5. The van der Waals surface area contributed by atoms with Gasteiger partial charge in [0.1, 0.15) is 6.61 Å². The van der Waals surface area contributed by atoms with E-state index < -0.39 is 0 Å². The van der Waals surface area contributed by atoms with Crippen LogP contribution in [0.3, 0.4) is 0 Å². The highest BCUT2D eigenvalue weighted by atomic mass is 127. The summed E-state index contributed by atoms with van der Waals surface area (Å²) in [6.07, 6.45) is 5.79. The summed E-state index contributed by atoms with van der Waals surface area (Å²) in [6, 6.07) is 23.5. The molecule has 0 amide bonds. The Morgan fingerprint density at radius 2 is 1.87 bits per heavy atom. The zero-order valence-electron chi connectivity index (χ0n) is 16.8. The number of hydrogen-bond donors (Lipinski definition) is 1. The van der Waals surface area contributed by atoms with Crippen LogP contribution >= 0.6 is 22.6 Å². The molecule has 3 aromatic rings. The van der Waals surface area contributed by atoms with Crippen molar-refractivity contribution in [3.05, 3.63) is 99.1 Å². The number of hydrogen-bond acceptors (Lipinski definition) is 3. The van der Waals surface area contributed by atoms with Gasteiger partial charge in [0.05, 0.1) is 13.2 Å². The molecule has 0 radical (unpaired) electrons. The van der Waals surface area contributed by atoms with Crippen LogP contribution in [-0.2, 0) is 6.61 Å². The zero-order valence-corrected chi connectivity index (χ0v) is 19.0. The van der Waals surface area contributed by atoms with Crippen LogP contribution in [-0.4, -0.2) is 7.11 Å². The average molecular weight is 509 g/mol. The molecule has 1 aliphatic carbocycles. The van der Waals surface area contributed by atoms with E-state index in [4.69, 9.17) is 9.47 Å². The highest BCUT2D eigenvalue weighted by molar-refractivity contribution is 14.1.